The van der Waals surface area contributed by atoms with Crippen molar-refractivity contribution in [2.24, 2.45) is 0 Å². The average molecular weight is 334 g/mol. The summed E-state index contributed by atoms with van der Waals surface area (Å²) in [6.07, 6.45) is 1.76. The van der Waals surface area contributed by atoms with Gasteiger partial charge in [-0.15, -0.1) is 0 Å². The van der Waals surface area contributed by atoms with E-state index < -0.39 is 0 Å². The molecule has 1 aromatic carbocycles. The fraction of sp³-hybridized carbons (Fsp3) is 0.353. The van der Waals surface area contributed by atoms with Crippen molar-refractivity contribution in [3.8, 4) is 11.6 Å². The van der Waals surface area contributed by atoms with E-state index in [1.807, 2.05) is 19.1 Å². The fourth-order valence-electron chi connectivity index (χ4n) is 1.92. The molecule has 2 aromatic rings. The number of hydrogen-bond acceptors (Lipinski definition) is 2. The second kappa shape index (κ2) is 5.57. The van der Waals surface area contributed by atoms with Gasteiger partial charge in [0, 0.05) is 6.20 Å². The Labute approximate surface area is 129 Å². The van der Waals surface area contributed by atoms with E-state index in [4.69, 9.17) is 4.74 Å². The van der Waals surface area contributed by atoms with Crippen molar-refractivity contribution in [1.29, 1.82) is 0 Å². The largest absolute Gasteiger partial charge is 0.438 e. The minimum Gasteiger partial charge on any atom is -0.438 e. The van der Waals surface area contributed by atoms with Gasteiger partial charge in [-0.05, 0) is 64.0 Å². The van der Waals surface area contributed by atoms with Crippen molar-refractivity contribution in [3.63, 3.8) is 0 Å². The molecule has 0 amide bonds. The Morgan fingerprint density at radius 2 is 1.75 bits per heavy atom. The van der Waals surface area contributed by atoms with Crippen LogP contribution in [0.5, 0.6) is 11.6 Å². The fourth-order valence-corrected chi connectivity index (χ4v) is 2.24. The van der Waals surface area contributed by atoms with Crippen LogP contribution in [-0.2, 0) is 5.41 Å². The molecule has 2 nitrogen and oxygen atoms in total. The van der Waals surface area contributed by atoms with Gasteiger partial charge >= 0.3 is 0 Å². The molecule has 0 aliphatic rings. The van der Waals surface area contributed by atoms with Crippen LogP contribution < -0.4 is 4.74 Å². The molecular formula is C17H20BrNO. The van der Waals surface area contributed by atoms with Crippen LogP contribution in [0, 0.1) is 13.8 Å². The highest BCUT2D eigenvalue weighted by Gasteiger charge is 2.15. The summed E-state index contributed by atoms with van der Waals surface area (Å²) >= 11 is 3.52. The Morgan fingerprint density at radius 3 is 2.35 bits per heavy atom. The van der Waals surface area contributed by atoms with Crippen molar-refractivity contribution < 1.29 is 4.74 Å². The summed E-state index contributed by atoms with van der Waals surface area (Å²) in [6, 6.07) is 8.27. The van der Waals surface area contributed by atoms with E-state index in [1.54, 1.807) is 6.20 Å². The molecule has 0 N–H and O–H groups in total. The number of pyridine rings is 1. The number of aryl methyl sites for hydroxylation is 2. The van der Waals surface area contributed by atoms with Gasteiger partial charge in [-0.1, -0.05) is 32.9 Å². The first-order valence-electron chi connectivity index (χ1n) is 6.69. The average Bonchev–Trinajstić information content (AvgIpc) is 2.36. The minimum atomic E-state index is 0.144. The maximum Gasteiger partial charge on any atom is 0.233 e. The Bertz CT molecular complexity index is 629. The van der Waals surface area contributed by atoms with Crippen molar-refractivity contribution >= 4 is 15.9 Å². The van der Waals surface area contributed by atoms with Gasteiger partial charge in [-0.3, -0.25) is 0 Å². The molecule has 0 saturated heterocycles. The van der Waals surface area contributed by atoms with Gasteiger partial charge in [-0.25, -0.2) is 4.98 Å². The lowest BCUT2D eigenvalue weighted by Gasteiger charge is -2.20. The topological polar surface area (TPSA) is 22.1 Å². The van der Waals surface area contributed by atoms with Crippen LogP contribution >= 0.6 is 15.9 Å². The zero-order valence-electron chi connectivity index (χ0n) is 12.6. The second-order valence-electron chi connectivity index (χ2n) is 6.08. The Kier molecular flexibility index (Phi) is 4.19. The smallest absolute Gasteiger partial charge is 0.233 e. The molecule has 0 unspecified atom stereocenters. The lowest BCUT2D eigenvalue weighted by atomic mass is 9.86. The minimum absolute atomic E-state index is 0.144. The van der Waals surface area contributed by atoms with Gasteiger partial charge in [0.2, 0.25) is 5.88 Å². The van der Waals surface area contributed by atoms with Gasteiger partial charge in [0.15, 0.2) is 0 Å². The van der Waals surface area contributed by atoms with Crippen molar-refractivity contribution in [3.05, 3.63) is 51.6 Å². The van der Waals surface area contributed by atoms with Crippen LogP contribution in [0.1, 0.15) is 37.5 Å². The summed E-state index contributed by atoms with van der Waals surface area (Å²) in [7, 11) is 0. The predicted octanol–water partition coefficient (Wildman–Crippen LogP) is 5.55. The molecule has 2 rings (SSSR count). The Morgan fingerprint density at radius 1 is 1.05 bits per heavy atom. The first-order valence-corrected chi connectivity index (χ1v) is 7.48. The van der Waals surface area contributed by atoms with Crippen molar-refractivity contribution in [1.82, 2.24) is 4.98 Å². The number of aromatic nitrogens is 1. The van der Waals surface area contributed by atoms with Crippen LogP contribution in [0.25, 0.3) is 0 Å². The molecular weight excluding hydrogens is 314 g/mol. The van der Waals surface area contributed by atoms with Crippen LogP contribution in [0.4, 0.5) is 0 Å². The SMILES string of the molecule is Cc1cc(C(C)(C)C)ccc1Oc1nccc(C)c1Br. The molecule has 1 aromatic heterocycles. The van der Waals surface area contributed by atoms with Gasteiger partial charge in [0.25, 0.3) is 0 Å². The Balaban J connectivity index is 2.33. The monoisotopic (exact) mass is 333 g/mol. The van der Waals surface area contributed by atoms with E-state index in [1.165, 1.54) is 5.56 Å². The number of ether oxygens (including phenoxy) is 1. The van der Waals surface area contributed by atoms with E-state index >= 15 is 0 Å². The summed E-state index contributed by atoms with van der Waals surface area (Å²) in [5.74, 6) is 1.45. The first-order chi connectivity index (χ1) is 9.29. The molecule has 106 valence electrons. The number of nitrogens with zero attached hydrogens (tertiary/aromatic N) is 1. The van der Waals surface area contributed by atoms with Crippen LogP contribution in [0.2, 0.25) is 0 Å². The zero-order chi connectivity index (χ0) is 14.9. The zero-order valence-corrected chi connectivity index (χ0v) is 14.2. The number of rotatable bonds is 2. The highest BCUT2D eigenvalue weighted by atomic mass is 79.9. The summed E-state index contributed by atoms with van der Waals surface area (Å²) < 4.78 is 6.83. The first kappa shape index (κ1) is 15.0. The molecule has 0 bridgehead atoms. The van der Waals surface area contributed by atoms with E-state index in [2.05, 4.69) is 60.7 Å². The molecule has 0 fully saturated rings. The maximum atomic E-state index is 5.93. The Hall–Kier alpha value is -1.35. The van der Waals surface area contributed by atoms with E-state index in [0.29, 0.717) is 5.88 Å². The number of hydrogen-bond donors (Lipinski definition) is 0. The third-order valence-electron chi connectivity index (χ3n) is 3.30. The molecule has 0 aliphatic heterocycles. The summed E-state index contributed by atoms with van der Waals surface area (Å²) in [6.45, 7) is 10.7. The van der Waals surface area contributed by atoms with Gasteiger partial charge in [0.05, 0.1) is 4.47 Å². The van der Waals surface area contributed by atoms with Crippen LogP contribution in [0.15, 0.2) is 34.9 Å². The van der Waals surface area contributed by atoms with Crippen LogP contribution in [0.3, 0.4) is 0 Å². The third-order valence-corrected chi connectivity index (χ3v) is 4.26. The lowest BCUT2D eigenvalue weighted by Crippen LogP contribution is -2.11. The number of halogens is 1. The van der Waals surface area contributed by atoms with E-state index in [0.717, 1.165) is 21.3 Å². The highest BCUT2D eigenvalue weighted by molar-refractivity contribution is 9.10. The van der Waals surface area contributed by atoms with Crippen LogP contribution in [-0.4, -0.2) is 4.98 Å². The molecule has 0 aliphatic carbocycles. The summed E-state index contributed by atoms with van der Waals surface area (Å²) in [5, 5.41) is 0. The standard InChI is InChI=1S/C17H20BrNO/c1-11-8-9-19-16(15(11)18)20-14-7-6-13(10-12(14)2)17(3,4)5/h6-10H,1-5H3. The van der Waals surface area contributed by atoms with Gasteiger partial charge in [-0.2, -0.15) is 0 Å². The molecule has 0 atom stereocenters. The van der Waals surface area contributed by atoms with Gasteiger partial charge in [0.1, 0.15) is 5.75 Å². The van der Waals surface area contributed by atoms with Gasteiger partial charge < -0.3 is 4.74 Å². The summed E-state index contributed by atoms with van der Waals surface area (Å²) in [4.78, 5) is 4.28. The van der Waals surface area contributed by atoms with E-state index in [-0.39, 0.29) is 5.41 Å². The molecule has 20 heavy (non-hydrogen) atoms. The van der Waals surface area contributed by atoms with Crippen molar-refractivity contribution in [2.45, 2.75) is 40.0 Å². The highest BCUT2D eigenvalue weighted by Crippen LogP contribution is 2.33. The predicted molar refractivity (Wildman–Crippen MR) is 86.6 cm³/mol. The molecule has 0 radical (unpaired) electrons. The van der Waals surface area contributed by atoms with E-state index in [9.17, 15) is 0 Å². The number of benzene rings is 1. The summed E-state index contributed by atoms with van der Waals surface area (Å²) in [5.41, 5.74) is 3.68. The third kappa shape index (κ3) is 3.21. The normalized spacial score (nSPS) is 11.5. The molecule has 0 spiro atoms. The quantitative estimate of drug-likeness (QED) is 0.718. The molecule has 3 heteroatoms. The molecule has 0 saturated carbocycles. The van der Waals surface area contributed by atoms with Crippen molar-refractivity contribution in [2.75, 3.05) is 0 Å². The lowest BCUT2D eigenvalue weighted by molar-refractivity contribution is 0.454. The molecule has 1 heterocycles. The maximum absolute atomic E-state index is 5.93. The second-order valence-corrected chi connectivity index (χ2v) is 6.87.